The molecular formula is C21H18F2N2O2S2. The summed E-state index contributed by atoms with van der Waals surface area (Å²) in [4.78, 5) is 13.6. The second-order valence-corrected chi connectivity index (χ2v) is 8.19. The van der Waals surface area contributed by atoms with Crippen molar-refractivity contribution in [1.82, 2.24) is 4.90 Å². The van der Waals surface area contributed by atoms with Crippen LogP contribution >= 0.6 is 24.0 Å². The molecule has 0 aliphatic carbocycles. The van der Waals surface area contributed by atoms with Gasteiger partial charge >= 0.3 is 0 Å². The molecule has 2 aliphatic heterocycles. The number of thiocarbonyl (C=S) groups is 1. The van der Waals surface area contributed by atoms with E-state index in [0.29, 0.717) is 0 Å². The molecule has 4 rings (SSSR count). The zero-order valence-corrected chi connectivity index (χ0v) is 16.8. The Hall–Kier alpha value is -2.29. The average Bonchev–Trinajstić information content (AvgIpc) is 2.76. The van der Waals surface area contributed by atoms with Crippen molar-refractivity contribution in [2.75, 3.05) is 5.75 Å². The Morgan fingerprint density at radius 1 is 1.10 bits per heavy atom. The first-order valence-electron chi connectivity index (χ1n) is 9.01. The highest BCUT2D eigenvalue weighted by molar-refractivity contribution is 8.00. The van der Waals surface area contributed by atoms with Crippen molar-refractivity contribution in [3.63, 3.8) is 0 Å². The number of nitrogens with zero attached hydrogens (tertiary/aromatic N) is 1. The Labute approximate surface area is 176 Å². The van der Waals surface area contributed by atoms with Crippen LogP contribution in [0, 0.1) is 0 Å². The second kappa shape index (κ2) is 8.22. The van der Waals surface area contributed by atoms with Gasteiger partial charge in [-0.25, -0.2) is 8.78 Å². The first-order chi connectivity index (χ1) is 14.0. The number of β-lactam (4-membered cyclic amide) rings is 1. The lowest BCUT2D eigenvalue weighted by Gasteiger charge is -2.49. The predicted molar refractivity (Wildman–Crippen MR) is 113 cm³/mol. The van der Waals surface area contributed by atoms with Crippen LogP contribution in [-0.4, -0.2) is 39.5 Å². The number of thioether (sulfide) groups is 1. The maximum atomic E-state index is 13.7. The summed E-state index contributed by atoms with van der Waals surface area (Å²) in [5, 5.41) is -0.517. The number of alkyl halides is 2. The molecule has 8 heteroatoms. The van der Waals surface area contributed by atoms with Crippen molar-refractivity contribution >= 4 is 34.9 Å². The number of carbonyl (C=O) groups excluding carboxylic acids is 1. The van der Waals surface area contributed by atoms with Crippen LogP contribution in [0.25, 0.3) is 0 Å². The monoisotopic (exact) mass is 432 g/mol. The molecule has 0 spiro atoms. The number of halogens is 2. The molecule has 0 aromatic heterocycles. The van der Waals surface area contributed by atoms with Crippen molar-refractivity contribution in [2.45, 2.75) is 23.9 Å². The molecule has 1 amide bonds. The molecule has 2 atom stereocenters. The number of hydrogen-bond donors (Lipinski definition) is 1. The number of carbonyl (C=O) groups is 1. The molecule has 29 heavy (non-hydrogen) atoms. The topological polar surface area (TPSA) is 55.6 Å². The van der Waals surface area contributed by atoms with Gasteiger partial charge in [0.25, 0.3) is 6.43 Å². The molecular weight excluding hydrogens is 414 g/mol. The zero-order valence-electron chi connectivity index (χ0n) is 15.2. The van der Waals surface area contributed by atoms with Crippen LogP contribution in [0.4, 0.5) is 8.78 Å². The van der Waals surface area contributed by atoms with E-state index in [0.717, 1.165) is 11.1 Å². The van der Waals surface area contributed by atoms with Crippen molar-refractivity contribution in [3.8, 4) is 0 Å². The Balaban J connectivity index is 1.70. The van der Waals surface area contributed by atoms with Crippen LogP contribution in [0.1, 0.15) is 17.2 Å². The van der Waals surface area contributed by atoms with Crippen LogP contribution in [0.15, 0.2) is 71.9 Å². The fraction of sp³-hybridized carbons (Fsp3) is 0.238. The van der Waals surface area contributed by atoms with Crippen LogP contribution < -0.4 is 5.73 Å². The van der Waals surface area contributed by atoms with E-state index < -0.39 is 29.9 Å². The van der Waals surface area contributed by atoms with E-state index in [9.17, 15) is 13.6 Å². The highest BCUT2D eigenvalue weighted by atomic mass is 32.2. The Morgan fingerprint density at radius 3 is 2.17 bits per heavy atom. The molecule has 0 radical (unpaired) electrons. The molecule has 1 saturated heterocycles. The number of rotatable bonds is 5. The Kier molecular flexibility index (Phi) is 5.67. The molecule has 1 fully saturated rings. The molecule has 2 aromatic rings. The van der Waals surface area contributed by atoms with Crippen LogP contribution in [-0.2, 0) is 9.53 Å². The number of ether oxygens (including phenoxy) is 1. The third-order valence-electron chi connectivity index (χ3n) is 4.93. The van der Waals surface area contributed by atoms with E-state index in [1.165, 1.54) is 16.7 Å². The largest absolute Gasteiger partial charge is 0.469 e. The van der Waals surface area contributed by atoms with E-state index >= 15 is 0 Å². The SMILES string of the molecule is N[C@@H]1C(=O)N2C(C(=S)OC(c3ccccc3)c3ccccc3)=C(C(F)F)CS[C@H]12. The lowest BCUT2D eigenvalue weighted by molar-refractivity contribution is -0.141. The Bertz CT molecular complexity index is 914. The molecule has 150 valence electrons. The number of amides is 1. The summed E-state index contributed by atoms with van der Waals surface area (Å²) in [7, 11) is 0. The zero-order chi connectivity index (χ0) is 20.5. The fourth-order valence-corrected chi connectivity index (χ4v) is 5.06. The van der Waals surface area contributed by atoms with Gasteiger partial charge in [-0.3, -0.25) is 9.69 Å². The highest BCUT2D eigenvalue weighted by Gasteiger charge is 2.52. The minimum atomic E-state index is -2.74. The molecule has 2 heterocycles. The van der Waals surface area contributed by atoms with Crippen LogP contribution in [0.2, 0.25) is 0 Å². The summed E-state index contributed by atoms with van der Waals surface area (Å²) in [6, 6.07) is 18.0. The average molecular weight is 433 g/mol. The van der Waals surface area contributed by atoms with Gasteiger partial charge < -0.3 is 10.5 Å². The van der Waals surface area contributed by atoms with Crippen LogP contribution in [0.5, 0.6) is 0 Å². The van der Waals surface area contributed by atoms with Crippen LogP contribution in [0.3, 0.4) is 0 Å². The minimum Gasteiger partial charge on any atom is -0.469 e. The molecule has 2 aromatic carbocycles. The van der Waals surface area contributed by atoms with Gasteiger partial charge in [-0.2, -0.15) is 0 Å². The minimum absolute atomic E-state index is 0.0117. The van der Waals surface area contributed by atoms with Crippen molar-refractivity contribution < 1.29 is 18.3 Å². The predicted octanol–water partition coefficient (Wildman–Crippen LogP) is 3.88. The van der Waals surface area contributed by atoms with Gasteiger partial charge in [0.05, 0.1) is 0 Å². The molecule has 2 aliphatic rings. The van der Waals surface area contributed by atoms with Gasteiger partial charge in [-0.05, 0) is 23.3 Å². The van der Waals surface area contributed by atoms with Crippen molar-refractivity contribution in [3.05, 3.63) is 83.1 Å². The number of fused-ring (bicyclic) bond motifs is 1. The number of hydrogen-bond acceptors (Lipinski definition) is 5. The van der Waals surface area contributed by atoms with E-state index in [2.05, 4.69) is 0 Å². The van der Waals surface area contributed by atoms with Gasteiger partial charge in [-0.15, -0.1) is 11.8 Å². The summed E-state index contributed by atoms with van der Waals surface area (Å²) in [6.45, 7) is 0. The first-order valence-corrected chi connectivity index (χ1v) is 10.5. The number of benzene rings is 2. The van der Waals surface area contributed by atoms with Gasteiger partial charge in [-0.1, -0.05) is 60.7 Å². The third kappa shape index (κ3) is 3.68. The highest BCUT2D eigenvalue weighted by Crippen LogP contribution is 2.42. The Morgan fingerprint density at radius 2 is 1.66 bits per heavy atom. The normalized spacial score (nSPS) is 21.3. The summed E-state index contributed by atoms with van der Waals surface area (Å²) in [6.07, 6.45) is -3.33. The molecule has 0 unspecified atom stereocenters. The van der Waals surface area contributed by atoms with E-state index in [1.807, 2.05) is 60.7 Å². The van der Waals surface area contributed by atoms with Gasteiger partial charge in [0.15, 0.2) is 0 Å². The maximum Gasteiger partial charge on any atom is 0.263 e. The third-order valence-corrected chi connectivity index (χ3v) is 6.54. The first kappa shape index (κ1) is 20.0. The van der Waals surface area contributed by atoms with Crippen molar-refractivity contribution in [1.29, 1.82) is 0 Å². The smallest absolute Gasteiger partial charge is 0.263 e. The maximum absolute atomic E-state index is 13.7. The van der Waals surface area contributed by atoms with Gasteiger partial charge in [0, 0.05) is 11.3 Å². The lowest BCUT2D eigenvalue weighted by Crippen LogP contribution is -2.68. The standard InChI is InChI=1S/C21H18F2N2O2S2/c22-18(23)14-11-29-20-15(24)19(26)25(20)16(14)21(28)27-17(12-7-3-1-4-8-12)13-9-5-2-6-10-13/h1-10,15,17-18,20H,11,24H2/t15-,20-/m1/s1. The van der Waals surface area contributed by atoms with Gasteiger partial charge in [0.1, 0.15) is 23.2 Å². The molecule has 2 N–H and O–H groups in total. The second-order valence-electron chi connectivity index (χ2n) is 6.72. The summed E-state index contributed by atoms with van der Waals surface area (Å²) in [5.41, 5.74) is 7.28. The van der Waals surface area contributed by atoms with E-state index in [-0.39, 0.29) is 22.1 Å². The molecule has 4 nitrogen and oxygen atoms in total. The molecule has 0 saturated carbocycles. The lowest BCUT2D eigenvalue weighted by atomic mass is 10.0. The summed E-state index contributed by atoms with van der Waals surface area (Å²) >= 11 is 6.67. The summed E-state index contributed by atoms with van der Waals surface area (Å²) < 4.78 is 33.5. The van der Waals surface area contributed by atoms with Gasteiger partial charge in [0.2, 0.25) is 11.0 Å². The summed E-state index contributed by atoms with van der Waals surface area (Å²) in [5.74, 6) is -0.364. The van der Waals surface area contributed by atoms with E-state index in [1.54, 1.807) is 0 Å². The quantitative estimate of drug-likeness (QED) is 0.574. The van der Waals surface area contributed by atoms with E-state index in [4.69, 9.17) is 22.7 Å². The van der Waals surface area contributed by atoms with Crippen molar-refractivity contribution in [2.24, 2.45) is 5.73 Å². The molecule has 0 bridgehead atoms. The fourth-order valence-electron chi connectivity index (χ4n) is 3.44. The number of nitrogens with two attached hydrogens (primary N) is 1.